The first-order valence-electron chi connectivity index (χ1n) is 9.40. The molecule has 0 unspecified atom stereocenters. The fraction of sp³-hybridized carbons (Fsp3) is 0. The van der Waals surface area contributed by atoms with Crippen molar-refractivity contribution in [2.24, 2.45) is 0 Å². The summed E-state index contributed by atoms with van der Waals surface area (Å²) < 4.78 is 27.9. The summed E-state index contributed by atoms with van der Waals surface area (Å²) in [4.78, 5) is 22.5. The van der Waals surface area contributed by atoms with Gasteiger partial charge in [-0.2, -0.15) is 0 Å². The number of nitro benzene ring substituents is 1. The number of benzene rings is 3. The highest BCUT2D eigenvalue weighted by Crippen LogP contribution is 2.34. The van der Waals surface area contributed by atoms with Gasteiger partial charge in [0.25, 0.3) is 11.2 Å². The van der Waals surface area contributed by atoms with Crippen molar-refractivity contribution in [3.63, 3.8) is 0 Å². The third kappa shape index (κ3) is 3.54. The number of nitro groups is 1. The largest absolute Gasteiger partial charge is 0.506 e. The first-order chi connectivity index (χ1) is 15.3. The Kier molecular flexibility index (Phi) is 5.33. The molecule has 0 aliphatic heterocycles. The molecular formula is C23H16N2O6S. The molecule has 0 atom stereocenters. The number of hydrogen-bond donors (Lipinski definition) is 1. The number of rotatable bonds is 5. The van der Waals surface area contributed by atoms with E-state index in [2.05, 4.69) is 0 Å². The van der Waals surface area contributed by atoms with Gasteiger partial charge in [-0.3, -0.25) is 19.5 Å². The Morgan fingerprint density at radius 1 is 0.844 bits per heavy atom. The van der Waals surface area contributed by atoms with E-state index < -0.39 is 41.5 Å². The van der Waals surface area contributed by atoms with Gasteiger partial charge in [0.05, 0.1) is 10.6 Å². The SMILES string of the molecule is O=c1c(S(=O)(=O)c2ccccc2[N+](=O)[O-])c(O)cc(-c2ccccc2)n1-c1ccccc1. The number of aromatic hydroxyl groups is 1. The summed E-state index contributed by atoms with van der Waals surface area (Å²) in [6.07, 6.45) is 0. The second-order valence-corrected chi connectivity index (χ2v) is 8.67. The van der Waals surface area contributed by atoms with E-state index in [1.165, 1.54) is 18.2 Å². The highest BCUT2D eigenvalue weighted by atomic mass is 32.2. The summed E-state index contributed by atoms with van der Waals surface area (Å²) in [5.74, 6) is -0.792. The highest BCUT2D eigenvalue weighted by molar-refractivity contribution is 7.91. The topological polar surface area (TPSA) is 120 Å². The molecule has 0 saturated carbocycles. The van der Waals surface area contributed by atoms with Crippen molar-refractivity contribution in [1.29, 1.82) is 0 Å². The summed E-state index contributed by atoms with van der Waals surface area (Å²) in [5, 5.41) is 22.1. The molecule has 0 fully saturated rings. The zero-order valence-electron chi connectivity index (χ0n) is 16.5. The van der Waals surface area contributed by atoms with E-state index in [4.69, 9.17) is 0 Å². The van der Waals surface area contributed by atoms with Gasteiger partial charge < -0.3 is 5.11 Å². The van der Waals surface area contributed by atoms with Crippen LogP contribution < -0.4 is 5.56 Å². The Labute approximate surface area is 182 Å². The minimum absolute atomic E-state index is 0.265. The lowest BCUT2D eigenvalue weighted by Crippen LogP contribution is -2.26. The Hall–Kier alpha value is -4.24. The number of sulfone groups is 1. The van der Waals surface area contributed by atoms with Gasteiger partial charge in [-0.1, -0.05) is 60.7 Å². The molecule has 0 radical (unpaired) electrons. The van der Waals surface area contributed by atoms with Crippen LogP contribution in [-0.2, 0) is 9.84 Å². The van der Waals surface area contributed by atoms with Crippen LogP contribution in [0.3, 0.4) is 0 Å². The van der Waals surface area contributed by atoms with Crippen molar-refractivity contribution < 1.29 is 18.4 Å². The predicted molar refractivity (Wildman–Crippen MR) is 118 cm³/mol. The lowest BCUT2D eigenvalue weighted by Gasteiger charge is -2.16. The van der Waals surface area contributed by atoms with E-state index >= 15 is 0 Å². The first-order valence-corrected chi connectivity index (χ1v) is 10.9. The average Bonchev–Trinajstić information content (AvgIpc) is 2.79. The Bertz CT molecular complexity index is 1480. The maximum Gasteiger partial charge on any atom is 0.288 e. The summed E-state index contributed by atoms with van der Waals surface area (Å²) in [6, 6.07) is 22.9. The molecule has 3 aromatic carbocycles. The van der Waals surface area contributed by atoms with Crippen LogP contribution >= 0.6 is 0 Å². The third-order valence-electron chi connectivity index (χ3n) is 4.85. The van der Waals surface area contributed by atoms with Gasteiger partial charge in [0.2, 0.25) is 9.84 Å². The van der Waals surface area contributed by atoms with Crippen molar-refractivity contribution in [1.82, 2.24) is 4.57 Å². The Morgan fingerprint density at radius 3 is 2.03 bits per heavy atom. The van der Waals surface area contributed by atoms with Crippen LogP contribution in [0.25, 0.3) is 16.9 Å². The van der Waals surface area contributed by atoms with Crippen molar-refractivity contribution >= 4 is 15.5 Å². The second-order valence-electron chi connectivity index (χ2n) is 6.81. The van der Waals surface area contributed by atoms with E-state index in [9.17, 15) is 28.4 Å². The minimum Gasteiger partial charge on any atom is -0.506 e. The van der Waals surface area contributed by atoms with Crippen molar-refractivity contribution in [3.8, 4) is 22.7 Å². The Morgan fingerprint density at radius 2 is 1.41 bits per heavy atom. The molecule has 0 saturated heterocycles. The fourth-order valence-corrected chi connectivity index (χ4v) is 4.98. The van der Waals surface area contributed by atoms with Gasteiger partial charge in [0, 0.05) is 17.8 Å². The molecule has 32 heavy (non-hydrogen) atoms. The average molecular weight is 448 g/mol. The maximum atomic E-state index is 13.5. The molecule has 0 aliphatic carbocycles. The molecule has 4 aromatic rings. The number of nitrogens with zero attached hydrogens (tertiary/aromatic N) is 2. The van der Waals surface area contributed by atoms with Gasteiger partial charge in [-0.05, 0) is 23.8 Å². The van der Waals surface area contributed by atoms with Crippen LogP contribution in [0.4, 0.5) is 5.69 Å². The van der Waals surface area contributed by atoms with Crippen molar-refractivity contribution in [2.45, 2.75) is 9.79 Å². The van der Waals surface area contributed by atoms with Gasteiger partial charge in [-0.25, -0.2) is 8.42 Å². The smallest absolute Gasteiger partial charge is 0.288 e. The molecular weight excluding hydrogens is 432 g/mol. The van der Waals surface area contributed by atoms with Crippen LogP contribution in [-0.4, -0.2) is 23.0 Å². The maximum absolute atomic E-state index is 13.5. The van der Waals surface area contributed by atoms with E-state index in [0.717, 1.165) is 16.7 Å². The van der Waals surface area contributed by atoms with Gasteiger partial charge in [0.15, 0.2) is 4.90 Å². The van der Waals surface area contributed by atoms with E-state index in [0.29, 0.717) is 11.3 Å². The summed E-state index contributed by atoms with van der Waals surface area (Å²) >= 11 is 0. The molecule has 1 aromatic heterocycles. The standard InChI is InChI=1S/C23H16N2O6S/c26-20-15-19(16-9-3-1-4-10-16)24(17-11-5-2-6-12-17)23(27)22(20)32(30,31)21-14-8-7-13-18(21)25(28)29/h1-15,26H. The molecule has 9 heteroatoms. The second kappa shape index (κ2) is 8.12. The van der Waals surface area contributed by atoms with Crippen molar-refractivity contribution in [3.05, 3.63) is 111 Å². The van der Waals surface area contributed by atoms with Gasteiger partial charge >= 0.3 is 0 Å². The van der Waals surface area contributed by atoms with Crippen LogP contribution in [0.1, 0.15) is 0 Å². The van der Waals surface area contributed by atoms with Gasteiger partial charge in [-0.15, -0.1) is 0 Å². The van der Waals surface area contributed by atoms with E-state index in [1.807, 2.05) is 0 Å². The number of hydrogen-bond acceptors (Lipinski definition) is 6. The zero-order chi connectivity index (χ0) is 22.9. The molecule has 0 bridgehead atoms. The molecule has 1 N–H and O–H groups in total. The molecule has 0 spiro atoms. The number of aromatic nitrogens is 1. The molecule has 4 rings (SSSR count). The molecule has 0 aliphatic rings. The van der Waals surface area contributed by atoms with Crippen LogP contribution in [0.2, 0.25) is 0 Å². The highest BCUT2D eigenvalue weighted by Gasteiger charge is 2.33. The van der Waals surface area contributed by atoms with Crippen LogP contribution in [0, 0.1) is 10.1 Å². The van der Waals surface area contributed by atoms with E-state index in [-0.39, 0.29) is 5.69 Å². The molecule has 160 valence electrons. The first kappa shape index (κ1) is 21.0. The van der Waals surface area contributed by atoms with Gasteiger partial charge in [0.1, 0.15) is 10.6 Å². The lowest BCUT2D eigenvalue weighted by molar-refractivity contribution is -0.387. The lowest BCUT2D eigenvalue weighted by atomic mass is 10.1. The Balaban J connectivity index is 2.09. The zero-order valence-corrected chi connectivity index (χ0v) is 17.3. The number of para-hydroxylation sites is 2. The monoisotopic (exact) mass is 448 g/mol. The molecule has 1 heterocycles. The summed E-state index contributed by atoms with van der Waals surface area (Å²) in [7, 11) is -4.73. The quantitative estimate of drug-likeness (QED) is 0.365. The fourth-order valence-electron chi connectivity index (χ4n) is 3.43. The third-order valence-corrected chi connectivity index (χ3v) is 6.69. The van der Waals surface area contributed by atoms with E-state index in [1.54, 1.807) is 60.7 Å². The normalized spacial score (nSPS) is 11.2. The van der Waals surface area contributed by atoms with Crippen LogP contribution in [0.15, 0.2) is 106 Å². The molecule has 0 amide bonds. The predicted octanol–water partition coefficient (Wildman–Crippen LogP) is 3.95. The van der Waals surface area contributed by atoms with Crippen molar-refractivity contribution in [2.75, 3.05) is 0 Å². The summed E-state index contributed by atoms with van der Waals surface area (Å²) in [6.45, 7) is 0. The molecule has 8 nitrogen and oxygen atoms in total. The summed E-state index contributed by atoms with van der Waals surface area (Å²) in [5.41, 5.74) is -0.507. The number of pyridine rings is 1. The minimum atomic E-state index is -4.73. The van der Waals surface area contributed by atoms with Crippen LogP contribution in [0.5, 0.6) is 5.75 Å².